The molecule has 6 heteroatoms. The van der Waals surface area contributed by atoms with Crippen molar-refractivity contribution in [3.8, 4) is 0 Å². The normalized spacial score (nSPS) is 26.1. The van der Waals surface area contributed by atoms with Crippen LogP contribution in [0.1, 0.15) is 33.6 Å². The summed E-state index contributed by atoms with van der Waals surface area (Å²) in [6.45, 7) is 9.64. The van der Waals surface area contributed by atoms with E-state index in [1.807, 2.05) is 0 Å². The number of nitrogens with zero attached hydrogens (tertiary/aromatic N) is 2. The minimum absolute atomic E-state index is 0.0408. The van der Waals surface area contributed by atoms with Crippen LogP contribution >= 0.6 is 0 Å². The average Bonchev–Trinajstić information content (AvgIpc) is 2.66. The Bertz CT molecular complexity index is 345. The highest BCUT2D eigenvalue weighted by Gasteiger charge is 2.32. The molecular weight excluding hydrogens is 250 g/mol. The molecule has 2 unspecified atom stereocenters. The second-order valence-corrected chi connectivity index (χ2v) is 7.04. The smallest absolute Gasteiger partial charge is 0.279 e. The zero-order valence-corrected chi connectivity index (χ0v) is 12.8. The second kappa shape index (κ2) is 6.84. The van der Waals surface area contributed by atoms with E-state index in [1.54, 1.807) is 7.05 Å². The van der Waals surface area contributed by atoms with E-state index in [9.17, 15) is 8.42 Å². The molecule has 0 amide bonds. The lowest BCUT2D eigenvalue weighted by atomic mass is 10.1. The summed E-state index contributed by atoms with van der Waals surface area (Å²) >= 11 is 0. The molecule has 1 rings (SSSR count). The first kappa shape index (κ1) is 15.9. The van der Waals surface area contributed by atoms with Gasteiger partial charge in [0.05, 0.1) is 0 Å². The molecule has 0 saturated carbocycles. The van der Waals surface area contributed by atoms with E-state index in [4.69, 9.17) is 0 Å². The molecule has 5 nitrogen and oxygen atoms in total. The maximum absolute atomic E-state index is 12.1. The third kappa shape index (κ3) is 4.19. The molecule has 1 saturated heterocycles. The highest BCUT2D eigenvalue weighted by molar-refractivity contribution is 7.87. The van der Waals surface area contributed by atoms with Crippen LogP contribution in [0.25, 0.3) is 0 Å². The van der Waals surface area contributed by atoms with Crippen molar-refractivity contribution in [2.45, 2.75) is 39.7 Å². The zero-order valence-electron chi connectivity index (χ0n) is 12.0. The minimum atomic E-state index is -3.32. The van der Waals surface area contributed by atoms with Gasteiger partial charge in [-0.2, -0.15) is 17.4 Å². The van der Waals surface area contributed by atoms with Crippen molar-refractivity contribution in [1.82, 2.24) is 13.9 Å². The Kier molecular flexibility index (Phi) is 6.04. The summed E-state index contributed by atoms with van der Waals surface area (Å²) in [5, 5.41) is 0. The quantitative estimate of drug-likeness (QED) is 0.752. The Labute approximate surface area is 112 Å². The van der Waals surface area contributed by atoms with Crippen molar-refractivity contribution in [2.75, 3.05) is 33.2 Å². The maximum Gasteiger partial charge on any atom is 0.279 e. The molecule has 0 aromatic heterocycles. The summed E-state index contributed by atoms with van der Waals surface area (Å²) in [4.78, 5) is 2.28. The van der Waals surface area contributed by atoms with Crippen LogP contribution in [-0.4, -0.2) is 56.9 Å². The standard InChI is InChI=1S/C12H27N3O2S/c1-5-7-8-14(4)18(16,17)13-12-10-15(6-2)9-11(12)3/h11-13H,5-10H2,1-4H3. The SMILES string of the molecule is CCCCN(C)S(=O)(=O)NC1CN(CC)CC1C. The fourth-order valence-electron chi connectivity index (χ4n) is 2.26. The van der Waals surface area contributed by atoms with E-state index in [0.29, 0.717) is 12.5 Å². The predicted octanol–water partition coefficient (Wildman–Crippen LogP) is 0.893. The van der Waals surface area contributed by atoms with Gasteiger partial charge in [-0.1, -0.05) is 27.2 Å². The van der Waals surface area contributed by atoms with Crippen LogP contribution in [0.3, 0.4) is 0 Å². The van der Waals surface area contributed by atoms with Gasteiger partial charge in [0.1, 0.15) is 0 Å². The lowest BCUT2D eigenvalue weighted by Crippen LogP contribution is -2.46. The topological polar surface area (TPSA) is 52.7 Å². The van der Waals surface area contributed by atoms with Gasteiger partial charge >= 0.3 is 0 Å². The van der Waals surface area contributed by atoms with Gasteiger partial charge in [0.2, 0.25) is 0 Å². The van der Waals surface area contributed by atoms with E-state index < -0.39 is 10.2 Å². The van der Waals surface area contributed by atoms with Crippen molar-refractivity contribution in [1.29, 1.82) is 0 Å². The highest BCUT2D eigenvalue weighted by atomic mass is 32.2. The summed E-state index contributed by atoms with van der Waals surface area (Å²) in [6.07, 6.45) is 1.90. The Balaban J connectivity index is 2.55. The third-order valence-electron chi connectivity index (χ3n) is 3.67. The van der Waals surface area contributed by atoms with Gasteiger partial charge in [0.15, 0.2) is 0 Å². The van der Waals surface area contributed by atoms with Crippen LogP contribution in [-0.2, 0) is 10.2 Å². The fraction of sp³-hybridized carbons (Fsp3) is 1.00. The predicted molar refractivity (Wildman–Crippen MR) is 74.7 cm³/mol. The molecule has 0 aliphatic carbocycles. The van der Waals surface area contributed by atoms with E-state index in [2.05, 4.69) is 30.4 Å². The Morgan fingerprint density at radius 3 is 2.50 bits per heavy atom. The molecule has 1 N–H and O–H groups in total. The largest absolute Gasteiger partial charge is 0.302 e. The molecule has 0 radical (unpaired) electrons. The van der Waals surface area contributed by atoms with Crippen LogP contribution in [0.5, 0.6) is 0 Å². The zero-order chi connectivity index (χ0) is 13.8. The number of likely N-dealkylation sites (tertiary alicyclic amines) is 1. The van der Waals surface area contributed by atoms with Gasteiger partial charge in [0.25, 0.3) is 10.2 Å². The summed E-state index contributed by atoms with van der Waals surface area (Å²) < 4.78 is 28.5. The molecule has 108 valence electrons. The molecule has 0 spiro atoms. The van der Waals surface area contributed by atoms with Gasteiger partial charge in [-0.05, 0) is 18.9 Å². The molecule has 1 heterocycles. The van der Waals surface area contributed by atoms with Crippen molar-refractivity contribution < 1.29 is 8.42 Å². The van der Waals surface area contributed by atoms with Crippen LogP contribution in [0, 0.1) is 5.92 Å². The summed E-state index contributed by atoms with van der Waals surface area (Å²) in [5.41, 5.74) is 0. The van der Waals surface area contributed by atoms with Crippen LogP contribution < -0.4 is 4.72 Å². The Morgan fingerprint density at radius 2 is 2.00 bits per heavy atom. The molecule has 0 aromatic carbocycles. The Hall–Kier alpha value is -0.170. The maximum atomic E-state index is 12.1. The van der Waals surface area contributed by atoms with Crippen molar-refractivity contribution >= 4 is 10.2 Å². The second-order valence-electron chi connectivity index (χ2n) is 5.23. The van der Waals surface area contributed by atoms with Gasteiger partial charge in [-0.25, -0.2) is 0 Å². The van der Waals surface area contributed by atoms with Crippen molar-refractivity contribution in [2.24, 2.45) is 5.92 Å². The first-order chi connectivity index (χ1) is 8.40. The molecule has 2 atom stereocenters. The number of rotatable bonds is 7. The molecule has 1 fully saturated rings. The molecule has 1 aliphatic heterocycles. The number of nitrogens with one attached hydrogen (secondary N) is 1. The highest BCUT2D eigenvalue weighted by Crippen LogP contribution is 2.17. The van der Waals surface area contributed by atoms with Crippen LogP contribution in [0.15, 0.2) is 0 Å². The van der Waals surface area contributed by atoms with Gasteiger partial charge in [-0.15, -0.1) is 0 Å². The molecule has 18 heavy (non-hydrogen) atoms. The van der Waals surface area contributed by atoms with E-state index in [-0.39, 0.29) is 6.04 Å². The summed E-state index contributed by atoms with van der Waals surface area (Å²) in [7, 11) is -1.68. The molecule has 0 bridgehead atoms. The number of unbranched alkanes of at least 4 members (excludes halogenated alkanes) is 1. The fourth-order valence-corrected chi connectivity index (χ4v) is 3.50. The first-order valence-electron chi connectivity index (χ1n) is 6.86. The van der Waals surface area contributed by atoms with Crippen molar-refractivity contribution in [3.63, 3.8) is 0 Å². The van der Waals surface area contributed by atoms with Gasteiger partial charge in [0, 0.05) is 32.7 Å². The number of hydrogen-bond acceptors (Lipinski definition) is 3. The molecule has 0 aromatic rings. The molecular formula is C12H27N3O2S. The van der Waals surface area contributed by atoms with Gasteiger partial charge < -0.3 is 4.90 Å². The summed E-state index contributed by atoms with van der Waals surface area (Å²) in [6, 6.07) is 0.0408. The molecule has 1 aliphatic rings. The lowest BCUT2D eigenvalue weighted by molar-refractivity contribution is 0.344. The minimum Gasteiger partial charge on any atom is -0.302 e. The van der Waals surface area contributed by atoms with E-state index in [0.717, 1.165) is 32.5 Å². The van der Waals surface area contributed by atoms with E-state index >= 15 is 0 Å². The van der Waals surface area contributed by atoms with E-state index in [1.165, 1.54) is 4.31 Å². The third-order valence-corrected chi connectivity index (χ3v) is 5.28. The van der Waals surface area contributed by atoms with Gasteiger partial charge in [-0.3, -0.25) is 0 Å². The lowest BCUT2D eigenvalue weighted by Gasteiger charge is -2.22. The summed E-state index contributed by atoms with van der Waals surface area (Å²) in [5.74, 6) is 0.374. The number of hydrogen-bond donors (Lipinski definition) is 1. The first-order valence-corrected chi connectivity index (χ1v) is 8.30. The Morgan fingerprint density at radius 1 is 1.33 bits per heavy atom. The van der Waals surface area contributed by atoms with Crippen LogP contribution in [0.4, 0.5) is 0 Å². The van der Waals surface area contributed by atoms with Crippen LogP contribution in [0.2, 0.25) is 0 Å². The number of likely N-dealkylation sites (N-methyl/N-ethyl adjacent to an activating group) is 1. The van der Waals surface area contributed by atoms with Crippen molar-refractivity contribution in [3.05, 3.63) is 0 Å². The average molecular weight is 277 g/mol. The monoisotopic (exact) mass is 277 g/mol.